The number of pyridine rings is 1. The Morgan fingerprint density at radius 2 is 2.00 bits per heavy atom. The molecule has 16 heavy (non-hydrogen) atoms. The van der Waals surface area contributed by atoms with Crippen molar-refractivity contribution in [1.82, 2.24) is 9.88 Å². The van der Waals surface area contributed by atoms with Gasteiger partial charge in [-0.1, -0.05) is 0 Å². The van der Waals surface area contributed by atoms with Gasteiger partial charge in [0, 0.05) is 30.9 Å². The van der Waals surface area contributed by atoms with Crippen molar-refractivity contribution in [3.05, 3.63) is 39.3 Å². The van der Waals surface area contributed by atoms with Gasteiger partial charge in [-0.3, -0.25) is 9.59 Å². The van der Waals surface area contributed by atoms with Crippen LogP contribution in [0.15, 0.2) is 22.5 Å². The molecule has 0 bridgehead atoms. The number of H-pyrrole nitrogens is 1. The molecule has 4 nitrogen and oxygen atoms in total. The molecular formula is C12H16N2O2. The van der Waals surface area contributed by atoms with Crippen LogP contribution in [0.2, 0.25) is 0 Å². The van der Waals surface area contributed by atoms with Crippen molar-refractivity contribution in [3.8, 4) is 0 Å². The summed E-state index contributed by atoms with van der Waals surface area (Å²) in [5, 5.41) is 0. The predicted octanol–water partition coefficient (Wildman–Crippen LogP) is 1.17. The number of hydrogen-bond donors (Lipinski definition) is 1. The molecule has 0 unspecified atom stereocenters. The van der Waals surface area contributed by atoms with Crippen LogP contribution >= 0.6 is 0 Å². The Kier molecular flexibility index (Phi) is 3.66. The number of carbonyl (C=O) groups excluding carboxylic acids is 1. The zero-order valence-electron chi connectivity index (χ0n) is 10.00. The molecule has 1 heterocycles. The van der Waals surface area contributed by atoms with E-state index in [9.17, 15) is 9.59 Å². The lowest BCUT2D eigenvalue weighted by molar-refractivity contribution is -0.124. The molecule has 0 fully saturated rings. The molecule has 1 amide bonds. The molecule has 0 aliphatic rings. The zero-order valence-corrected chi connectivity index (χ0v) is 10.00. The normalized spacial score (nSPS) is 11.4. The van der Waals surface area contributed by atoms with E-state index in [2.05, 4.69) is 4.98 Å². The lowest BCUT2D eigenvalue weighted by Gasteiger charge is -2.09. The first-order valence-corrected chi connectivity index (χ1v) is 5.01. The maximum absolute atomic E-state index is 11.6. The van der Waals surface area contributed by atoms with Gasteiger partial charge in [-0.15, -0.1) is 0 Å². The highest BCUT2D eigenvalue weighted by Gasteiger charge is 2.07. The molecular weight excluding hydrogens is 204 g/mol. The van der Waals surface area contributed by atoms with E-state index in [0.717, 1.165) is 5.69 Å². The van der Waals surface area contributed by atoms with Gasteiger partial charge in [0.05, 0.1) is 0 Å². The van der Waals surface area contributed by atoms with Gasteiger partial charge in [0.2, 0.25) is 5.91 Å². The summed E-state index contributed by atoms with van der Waals surface area (Å²) in [5.41, 5.74) is 1.67. The topological polar surface area (TPSA) is 53.2 Å². The summed E-state index contributed by atoms with van der Waals surface area (Å²) in [6.45, 7) is 3.51. The molecule has 4 heteroatoms. The van der Waals surface area contributed by atoms with E-state index in [0.29, 0.717) is 11.1 Å². The maximum Gasteiger partial charge on any atom is 0.255 e. The standard InChI is InChI=1S/C12H16N2O2/c1-8(12(16)14(3)4)7-10-6-5-9(2)13-11(10)15/h5-7H,1-4H3,(H,13,15)/b8-7-. The van der Waals surface area contributed by atoms with Gasteiger partial charge >= 0.3 is 0 Å². The molecule has 1 rings (SSSR count). The third-order valence-electron chi connectivity index (χ3n) is 2.20. The van der Waals surface area contributed by atoms with E-state index in [-0.39, 0.29) is 11.5 Å². The molecule has 0 saturated heterocycles. The average Bonchev–Trinajstić information content (AvgIpc) is 2.20. The summed E-state index contributed by atoms with van der Waals surface area (Å²) < 4.78 is 0. The van der Waals surface area contributed by atoms with Gasteiger partial charge in [0.25, 0.3) is 5.56 Å². The van der Waals surface area contributed by atoms with E-state index < -0.39 is 0 Å². The summed E-state index contributed by atoms with van der Waals surface area (Å²) in [7, 11) is 3.36. The summed E-state index contributed by atoms with van der Waals surface area (Å²) in [6, 6.07) is 3.52. The van der Waals surface area contributed by atoms with E-state index in [1.54, 1.807) is 39.2 Å². The molecule has 0 radical (unpaired) electrons. The van der Waals surface area contributed by atoms with Gasteiger partial charge in [-0.2, -0.15) is 0 Å². The molecule has 1 aromatic rings. The van der Waals surface area contributed by atoms with Crippen molar-refractivity contribution in [1.29, 1.82) is 0 Å². The van der Waals surface area contributed by atoms with Crippen LogP contribution in [0.25, 0.3) is 6.08 Å². The Morgan fingerprint density at radius 1 is 1.38 bits per heavy atom. The molecule has 0 atom stereocenters. The van der Waals surface area contributed by atoms with Crippen LogP contribution in [0.4, 0.5) is 0 Å². The maximum atomic E-state index is 11.6. The van der Waals surface area contributed by atoms with E-state index >= 15 is 0 Å². The summed E-state index contributed by atoms with van der Waals surface area (Å²) in [6.07, 6.45) is 1.60. The lowest BCUT2D eigenvalue weighted by atomic mass is 10.1. The van der Waals surface area contributed by atoms with Crippen molar-refractivity contribution >= 4 is 12.0 Å². The van der Waals surface area contributed by atoms with Gasteiger partial charge < -0.3 is 9.88 Å². The van der Waals surface area contributed by atoms with Crippen LogP contribution in [-0.4, -0.2) is 29.9 Å². The highest BCUT2D eigenvalue weighted by Crippen LogP contribution is 2.04. The Bertz CT molecular complexity index is 484. The number of nitrogens with one attached hydrogen (secondary N) is 1. The van der Waals surface area contributed by atoms with Crippen LogP contribution in [0.3, 0.4) is 0 Å². The number of nitrogens with zero attached hydrogens (tertiary/aromatic N) is 1. The minimum atomic E-state index is -0.175. The summed E-state index contributed by atoms with van der Waals surface area (Å²) in [4.78, 5) is 27.3. The number of aromatic amines is 1. The number of likely N-dealkylation sites (N-methyl/N-ethyl adjacent to an activating group) is 1. The fourth-order valence-corrected chi connectivity index (χ4v) is 1.34. The van der Waals surface area contributed by atoms with Crippen molar-refractivity contribution in [2.75, 3.05) is 14.1 Å². The molecule has 1 N–H and O–H groups in total. The van der Waals surface area contributed by atoms with E-state index in [4.69, 9.17) is 0 Å². The monoisotopic (exact) mass is 220 g/mol. The first kappa shape index (κ1) is 12.2. The van der Waals surface area contributed by atoms with Crippen LogP contribution in [-0.2, 0) is 4.79 Å². The zero-order chi connectivity index (χ0) is 12.3. The largest absolute Gasteiger partial charge is 0.345 e. The van der Waals surface area contributed by atoms with Gasteiger partial charge in [0.1, 0.15) is 0 Å². The fourth-order valence-electron chi connectivity index (χ4n) is 1.34. The predicted molar refractivity (Wildman–Crippen MR) is 64.1 cm³/mol. The van der Waals surface area contributed by atoms with E-state index in [1.165, 1.54) is 4.90 Å². The number of amides is 1. The van der Waals surface area contributed by atoms with Crippen LogP contribution < -0.4 is 5.56 Å². The van der Waals surface area contributed by atoms with Crippen LogP contribution in [0.5, 0.6) is 0 Å². The molecule has 0 aliphatic carbocycles. The molecule has 0 aliphatic heterocycles. The third-order valence-corrected chi connectivity index (χ3v) is 2.20. The lowest BCUT2D eigenvalue weighted by Crippen LogP contribution is -2.22. The molecule has 86 valence electrons. The first-order valence-electron chi connectivity index (χ1n) is 5.01. The number of aromatic nitrogens is 1. The molecule has 1 aromatic heterocycles. The number of hydrogen-bond acceptors (Lipinski definition) is 2. The Labute approximate surface area is 94.6 Å². The average molecular weight is 220 g/mol. The van der Waals surface area contributed by atoms with Crippen molar-refractivity contribution in [3.63, 3.8) is 0 Å². The van der Waals surface area contributed by atoms with Crippen molar-refractivity contribution < 1.29 is 4.79 Å². The van der Waals surface area contributed by atoms with Crippen LogP contribution in [0, 0.1) is 6.92 Å². The quantitative estimate of drug-likeness (QED) is 0.761. The van der Waals surface area contributed by atoms with Crippen molar-refractivity contribution in [2.45, 2.75) is 13.8 Å². The Morgan fingerprint density at radius 3 is 2.50 bits per heavy atom. The number of rotatable bonds is 2. The number of carbonyl (C=O) groups is 1. The minimum Gasteiger partial charge on any atom is -0.345 e. The second-order valence-corrected chi connectivity index (χ2v) is 3.95. The minimum absolute atomic E-state index is 0.0972. The highest BCUT2D eigenvalue weighted by atomic mass is 16.2. The third kappa shape index (κ3) is 2.82. The number of aryl methyl sites for hydroxylation is 1. The molecule has 0 aromatic carbocycles. The molecule has 0 saturated carbocycles. The molecule has 0 spiro atoms. The Hall–Kier alpha value is -1.84. The fraction of sp³-hybridized carbons (Fsp3) is 0.333. The SMILES string of the molecule is C/C(=C/c1ccc(C)[nH]c1=O)C(=O)N(C)C. The van der Waals surface area contributed by atoms with Crippen molar-refractivity contribution in [2.24, 2.45) is 0 Å². The Balaban J connectivity index is 3.08. The summed E-state index contributed by atoms with van der Waals surface area (Å²) >= 11 is 0. The summed E-state index contributed by atoms with van der Waals surface area (Å²) in [5.74, 6) is -0.0972. The second kappa shape index (κ2) is 4.79. The smallest absolute Gasteiger partial charge is 0.255 e. The first-order chi connectivity index (χ1) is 7.41. The highest BCUT2D eigenvalue weighted by molar-refractivity contribution is 5.96. The van der Waals surface area contributed by atoms with E-state index in [1.807, 2.05) is 6.92 Å². The van der Waals surface area contributed by atoms with Crippen LogP contribution in [0.1, 0.15) is 18.2 Å². The van der Waals surface area contributed by atoms with Gasteiger partial charge in [-0.05, 0) is 32.1 Å². The van der Waals surface area contributed by atoms with Gasteiger partial charge in [0.15, 0.2) is 0 Å². The second-order valence-electron chi connectivity index (χ2n) is 3.95. The van der Waals surface area contributed by atoms with Gasteiger partial charge in [-0.25, -0.2) is 0 Å².